The van der Waals surface area contributed by atoms with Crippen LogP contribution in [0.5, 0.6) is 5.75 Å². The number of benzene rings is 2. The van der Waals surface area contributed by atoms with Crippen LogP contribution in [0, 0.1) is 0 Å². The van der Waals surface area contributed by atoms with Gasteiger partial charge in [0.25, 0.3) is 5.91 Å². The van der Waals surface area contributed by atoms with Gasteiger partial charge in [0.2, 0.25) is 10.0 Å². The van der Waals surface area contributed by atoms with Gasteiger partial charge in [0.15, 0.2) is 5.75 Å². The lowest BCUT2D eigenvalue weighted by Gasteiger charge is -2.19. The zero-order valence-corrected chi connectivity index (χ0v) is 23.8. The van der Waals surface area contributed by atoms with E-state index in [4.69, 9.17) is 0 Å². The lowest BCUT2D eigenvalue weighted by atomic mass is 10.0. The van der Waals surface area contributed by atoms with E-state index in [1.54, 1.807) is 11.0 Å². The molecule has 0 saturated heterocycles. The van der Waals surface area contributed by atoms with Gasteiger partial charge in [0, 0.05) is 37.3 Å². The van der Waals surface area contributed by atoms with Gasteiger partial charge in [-0.15, -0.1) is 0 Å². The van der Waals surface area contributed by atoms with E-state index in [0.29, 0.717) is 25.1 Å². The molecule has 1 aromatic heterocycles. The van der Waals surface area contributed by atoms with Crippen LogP contribution in [-0.2, 0) is 21.2 Å². The van der Waals surface area contributed by atoms with Crippen molar-refractivity contribution in [2.45, 2.75) is 45.5 Å². The number of carbonyl (C=O) groups excluding carboxylic acids is 2. The summed E-state index contributed by atoms with van der Waals surface area (Å²) in [7, 11) is -3.95. The zero-order chi connectivity index (χ0) is 30.5. The number of esters is 1. The van der Waals surface area contributed by atoms with E-state index in [-0.39, 0.29) is 24.1 Å². The monoisotopic (exact) mass is 598 g/mol. The Morgan fingerprint density at radius 3 is 2.44 bits per heavy atom. The number of anilines is 1. The normalized spacial score (nSPS) is 13.6. The van der Waals surface area contributed by atoms with E-state index in [9.17, 15) is 36.3 Å². The summed E-state index contributed by atoms with van der Waals surface area (Å²) in [6, 6.07) is 8.70. The van der Waals surface area contributed by atoms with Crippen molar-refractivity contribution in [1.29, 1.82) is 0 Å². The number of aliphatic hydroxyl groups excluding tert-OH is 1. The minimum absolute atomic E-state index is 0.0230. The molecule has 3 aromatic rings. The van der Waals surface area contributed by atoms with E-state index in [2.05, 4.69) is 15.0 Å². The van der Waals surface area contributed by atoms with E-state index >= 15 is 0 Å². The number of H-pyrrole nitrogens is 1. The highest BCUT2D eigenvalue weighted by atomic mass is 32.2. The summed E-state index contributed by atoms with van der Waals surface area (Å²) in [5.74, 6) is -3.24. The second-order valence-corrected chi connectivity index (χ2v) is 11.3. The standard InChI is InChI=1S/C27H33F3N4O6S/c1-5-34(6-2)25(36)20-9-7-8-19-18(14-32-24(19)20)12-16(3)31-15-22(35)17-10-11-23(40-26(37)27(28,29)30)21(13-17)33-41(4,38)39/h7-11,13-14,16,22,31-33,35H,5-6,12,15H2,1-4H3/t16-,22+/m1/s1. The van der Waals surface area contributed by atoms with Crippen LogP contribution < -0.4 is 14.8 Å². The average Bonchev–Trinajstić information content (AvgIpc) is 3.30. The van der Waals surface area contributed by atoms with Crippen LogP contribution in [0.25, 0.3) is 10.9 Å². The number of sulfonamides is 1. The summed E-state index contributed by atoms with van der Waals surface area (Å²) in [6.07, 6.45) is -3.30. The van der Waals surface area contributed by atoms with Crippen molar-refractivity contribution in [3.8, 4) is 5.75 Å². The van der Waals surface area contributed by atoms with Gasteiger partial charge in [0.1, 0.15) is 0 Å². The molecule has 0 aliphatic heterocycles. The largest absolute Gasteiger partial charge is 0.491 e. The number of para-hydroxylation sites is 1. The van der Waals surface area contributed by atoms with Crippen molar-refractivity contribution >= 4 is 38.5 Å². The highest BCUT2D eigenvalue weighted by molar-refractivity contribution is 7.92. The van der Waals surface area contributed by atoms with Crippen LogP contribution in [0.2, 0.25) is 0 Å². The third-order valence-corrected chi connectivity index (χ3v) is 6.98. The first-order valence-electron chi connectivity index (χ1n) is 12.8. The Bertz CT molecular complexity index is 1500. The summed E-state index contributed by atoms with van der Waals surface area (Å²) in [4.78, 5) is 29.1. The van der Waals surface area contributed by atoms with Crippen molar-refractivity contribution in [3.63, 3.8) is 0 Å². The fourth-order valence-electron chi connectivity index (χ4n) is 4.35. The molecule has 3 rings (SSSR count). The van der Waals surface area contributed by atoms with Gasteiger partial charge in [-0.2, -0.15) is 13.2 Å². The second-order valence-electron chi connectivity index (χ2n) is 9.57. The Balaban J connectivity index is 1.72. The number of hydrogen-bond acceptors (Lipinski definition) is 7. The molecule has 2 atom stereocenters. The predicted molar refractivity (Wildman–Crippen MR) is 148 cm³/mol. The van der Waals surface area contributed by atoms with Crippen molar-refractivity contribution < 1.29 is 41.0 Å². The van der Waals surface area contributed by atoms with Crippen molar-refractivity contribution in [2.24, 2.45) is 0 Å². The summed E-state index contributed by atoms with van der Waals surface area (Å²) in [6.45, 7) is 6.95. The van der Waals surface area contributed by atoms with E-state index in [0.717, 1.165) is 34.9 Å². The van der Waals surface area contributed by atoms with Gasteiger partial charge in [-0.1, -0.05) is 18.2 Å². The molecule has 4 N–H and O–H groups in total. The number of rotatable bonds is 12. The van der Waals surface area contributed by atoms with Crippen molar-refractivity contribution in [2.75, 3.05) is 30.6 Å². The topological polar surface area (TPSA) is 141 Å². The molecule has 1 heterocycles. The number of aliphatic hydroxyl groups is 1. The molecule has 0 unspecified atom stereocenters. The number of ether oxygens (including phenoxy) is 1. The molecule has 0 spiro atoms. The Labute approximate surface area is 235 Å². The molecular weight excluding hydrogens is 565 g/mol. The minimum Gasteiger partial charge on any atom is -0.418 e. The molecule has 10 nitrogen and oxygen atoms in total. The molecule has 0 fully saturated rings. The molecule has 0 radical (unpaired) electrons. The third-order valence-electron chi connectivity index (χ3n) is 6.39. The number of nitrogens with one attached hydrogen (secondary N) is 3. The number of carbonyl (C=O) groups is 2. The molecule has 41 heavy (non-hydrogen) atoms. The van der Waals surface area contributed by atoms with Crippen LogP contribution in [-0.4, -0.2) is 73.4 Å². The average molecular weight is 599 g/mol. The number of hydrogen-bond donors (Lipinski definition) is 4. The fraction of sp³-hybridized carbons (Fsp3) is 0.407. The van der Waals surface area contributed by atoms with Crippen LogP contribution in [0.15, 0.2) is 42.6 Å². The summed E-state index contributed by atoms with van der Waals surface area (Å²) in [5.41, 5.74) is 2.03. The molecule has 0 aliphatic carbocycles. The number of aromatic amines is 1. The molecule has 2 aromatic carbocycles. The van der Waals surface area contributed by atoms with Gasteiger partial charge in [0.05, 0.1) is 29.1 Å². The number of alkyl halides is 3. The minimum atomic E-state index is -5.28. The summed E-state index contributed by atoms with van der Waals surface area (Å²) in [5, 5.41) is 14.8. The van der Waals surface area contributed by atoms with Gasteiger partial charge < -0.3 is 25.0 Å². The lowest BCUT2D eigenvalue weighted by Crippen LogP contribution is -2.32. The number of amides is 1. The smallest absolute Gasteiger partial charge is 0.418 e. The molecule has 0 aliphatic rings. The zero-order valence-electron chi connectivity index (χ0n) is 23.0. The van der Waals surface area contributed by atoms with Gasteiger partial charge in [-0.05, 0) is 56.5 Å². The van der Waals surface area contributed by atoms with Crippen LogP contribution in [0.1, 0.15) is 48.4 Å². The highest BCUT2D eigenvalue weighted by Crippen LogP contribution is 2.31. The molecule has 0 saturated carbocycles. The molecule has 1 amide bonds. The quantitative estimate of drug-likeness (QED) is 0.184. The molecular formula is C27H33F3N4O6S. The Morgan fingerprint density at radius 1 is 1.15 bits per heavy atom. The fourth-order valence-corrected chi connectivity index (χ4v) is 4.91. The summed E-state index contributed by atoms with van der Waals surface area (Å²) < 4.78 is 67.7. The number of nitrogens with zero attached hydrogens (tertiary/aromatic N) is 1. The van der Waals surface area contributed by atoms with Gasteiger partial charge in [-0.25, -0.2) is 13.2 Å². The first-order chi connectivity index (χ1) is 19.1. The third kappa shape index (κ3) is 8.21. The molecule has 0 bridgehead atoms. The van der Waals surface area contributed by atoms with E-state index in [1.807, 2.05) is 43.8 Å². The Morgan fingerprint density at radius 2 is 1.83 bits per heavy atom. The lowest BCUT2D eigenvalue weighted by molar-refractivity contribution is -0.189. The molecule has 14 heteroatoms. The van der Waals surface area contributed by atoms with Gasteiger partial charge >= 0.3 is 12.1 Å². The van der Waals surface area contributed by atoms with Crippen LogP contribution >= 0.6 is 0 Å². The first-order valence-corrected chi connectivity index (χ1v) is 14.7. The highest BCUT2D eigenvalue weighted by Gasteiger charge is 2.41. The molecule has 224 valence electrons. The van der Waals surface area contributed by atoms with Crippen molar-refractivity contribution in [1.82, 2.24) is 15.2 Å². The van der Waals surface area contributed by atoms with Gasteiger partial charge in [-0.3, -0.25) is 9.52 Å². The second kappa shape index (κ2) is 12.9. The van der Waals surface area contributed by atoms with Crippen LogP contribution in [0.4, 0.5) is 18.9 Å². The predicted octanol–water partition coefficient (Wildman–Crippen LogP) is 3.74. The Hall–Kier alpha value is -3.62. The number of aromatic nitrogens is 1. The Kier molecular flexibility index (Phi) is 10.0. The maximum absolute atomic E-state index is 12.9. The van der Waals surface area contributed by atoms with E-state index in [1.165, 1.54) is 6.07 Å². The van der Waals surface area contributed by atoms with Crippen molar-refractivity contribution in [3.05, 3.63) is 59.3 Å². The summed E-state index contributed by atoms with van der Waals surface area (Å²) >= 11 is 0. The first kappa shape index (κ1) is 31.9. The van der Waals surface area contributed by atoms with E-state index < -0.39 is 39.7 Å². The number of halogens is 3. The SMILES string of the molecule is CCN(CC)C(=O)c1cccc2c(C[C@@H](C)NC[C@H](O)c3ccc(OC(=O)C(F)(F)F)c(NS(C)(=O)=O)c3)c[nH]c12. The number of fused-ring (bicyclic) bond motifs is 1. The van der Waals surface area contributed by atoms with Crippen LogP contribution in [0.3, 0.4) is 0 Å². The maximum Gasteiger partial charge on any atom is 0.491 e. The maximum atomic E-state index is 12.9.